The Balaban J connectivity index is 2.27. The fraction of sp³-hybridized carbons (Fsp3) is 0.652. The predicted octanol–water partition coefficient (Wildman–Crippen LogP) is 8.25. The van der Waals surface area contributed by atoms with Crippen molar-refractivity contribution in [3.05, 3.63) is 28.7 Å². The SMILES string of the molecule is CCCCCCCCCCCCCC(=O)N[C@@H](NC(=S)Nc1ccccc1Br)C(Cl)(Cl)Cl. The molecule has 0 heterocycles. The number of para-hydroxylation sites is 1. The topological polar surface area (TPSA) is 53.2 Å². The lowest BCUT2D eigenvalue weighted by molar-refractivity contribution is -0.122. The molecule has 1 rings (SSSR count). The molecule has 182 valence electrons. The summed E-state index contributed by atoms with van der Waals surface area (Å²) in [4.78, 5) is 12.4. The number of carbonyl (C=O) groups excluding carboxylic acids is 1. The third-order valence-electron chi connectivity index (χ3n) is 5.04. The number of thiocarbonyl (C=S) groups is 1. The summed E-state index contributed by atoms with van der Waals surface area (Å²) in [6.45, 7) is 2.24. The molecule has 0 saturated carbocycles. The number of hydrogen-bond donors (Lipinski definition) is 3. The third kappa shape index (κ3) is 14.1. The quantitative estimate of drug-likeness (QED) is 0.0837. The highest BCUT2D eigenvalue weighted by Crippen LogP contribution is 2.29. The van der Waals surface area contributed by atoms with Crippen LogP contribution in [0.15, 0.2) is 28.7 Å². The molecule has 0 fully saturated rings. The van der Waals surface area contributed by atoms with Gasteiger partial charge in [-0.15, -0.1) is 0 Å². The number of unbranched alkanes of at least 4 members (excludes halogenated alkanes) is 10. The summed E-state index contributed by atoms with van der Waals surface area (Å²) in [5.41, 5.74) is 0.764. The standard InChI is InChI=1S/C23H35BrCl3N3OS/c1-2-3-4-5-6-7-8-9-10-11-12-17-20(31)29-21(23(25,26)27)30-22(32)28-19-16-14-13-15-18(19)24/h13-16,21H,2-12,17H2,1H3,(H,29,31)(H2,28,30,32)/t21-/m0/s1. The van der Waals surface area contributed by atoms with Gasteiger partial charge in [-0.2, -0.15) is 0 Å². The molecule has 0 spiro atoms. The van der Waals surface area contributed by atoms with E-state index in [1.807, 2.05) is 24.3 Å². The number of amides is 1. The molecular weight excluding hydrogens is 553 g/mol. The lowest BCUT2D eigenvalue weighted by Crippen LogP contribution is -2.56. The van der Waals surface area contributed by atoms with Crippen LogP contribution in [0.1, 0.15) is 84.0 Å². The Hall–Kier alpha value is -0.270. The van der Waals surface area contributed by atoms with Crippen LogP contribution in [0, 0.1) is 0 Å². The van der Waals surface area contributed by atoms with Crippen molar-refractivity contribution in [3.63, 3.8) is 0 Å². The van der Waals surface area contributed by atoms with E-state index in [-0.39, 0.29) is 11.0 Å². The summed E-state index contributed by atoms with van der Waals surface area (Å²) in [5.74, 6) is -0.173. The summed E-state index contributed by atoms with van der Waals surface area (Å²) in [5, 5.41) is 8.88. The fourth-order valence-electron chi connectivity index (χ4n) is 3.23. The minimum absolute atomic E-state index is 0.173. The van der Waals surface area contributed by atoms with Crippen molar-refractivity contribution in [2.45, 2.75) is 93.9 Å². The van der Waals surface area contributed by atoms with Crippen molar-refractivity contribution in [1.82, 2.24) is 10.6 Å². The van der Waals surface area contributed by atoms with Gasteiger partial charge in [0, 0.05) is 10.9 Å². The smallest absolute Gasteiger partial charge is 0.228 e. The first-order valence-electron chi connectivity index (χ1n) is 11.4. The van der Waals surface area contributed by atoms with E-state index in [0.29, 0.717) is 6.42 Å². The Kier molecular flexibility index (Phi) is 16.0. The van der Waals surface area contributed by atoms with Gasteiger partial charge in [-0.1, -0.05) is 118 Å². The van der Waals surface area contributed by atoms with Crippen LogP contribution in [0.5, 0.6) is 0 Å². The molecule has 32 heavy (non-hydrogen) atoms. The number of hydrogen-bond acceptors (Lipinski definition) is 2. The Morgan fingerprint density at radius 2 is 1.47 bits per heavy atom. The predicted molar refractivity (Wildman–Crippen MR) is 147 cm³/mol. The van der Waals surface area contributed by atoms with E-state index in [1.54, 1.807) is 0 Å². The largest absolute Gasteiger partial charge is 0.339 e. The molecule has 0 aromatic heterocycles. The molecular formula is C23H35BrCl3N3OS. The Morgan fingerprint density at radius 1 is 0.938 bits per heavy atom. The van der Waals surface area contributed by atoms with Crippen LogP contribution in [0.3, 0.4) is 0 Å². The van der Waals surface area contributed by atoms with E-state index in [1.165, 1.54) is 51.4 Å². The van der Waals surface area contributed by atoms with E-state index >= 15 is 0 Å². The first-order valence-corrected chi connectivity index (χ1v) is 13.8. The summed E-state index contributed by atoms with van der Waals surface area (Å²) in [6, 6.07) is 7.50. The minimum atomic E-state index is -1.76. The number of benzene rings is 1. The zero-order chi connectivity index (χ0) is 23.8. The summed E-state index contributed by atoms with van der Waals surface area (Å²) < 4.78 is -0.915. The molecule has 3 N–H and O–H groups in total. The van der Waals surface area contributed by atoms with E-state index in [9.17, 15) is 4.79 Å². The van der Waals surface area contributed by atoms with Crippen molar-refractivity contribution in [2.75, 3.05) is 5.32 Å². The maximum Gasteiger partial charge on any atom is 0.228 e. The van der Waals surface area contributed by atoms with E-state index in [2.05, 4.69) is 38.8 Å². The zero-order valence-corrected chi connectivity index (χ0v) is 23.4. The lowest BCUT2D eigenvalue weighted by atomic mass is 10.1. The van der Waals surface area contributed by atoms with Gasteiger partial charge in [0.15, 0.2) is 5.11 Å². The molecule has 1 atom stereocenters. The Morgan fingerprint density at radius 3 is 2.00 bits per heavy atom. The Bertz CT molecular complexity index is 689. The highest BCUT2D eigenvalue weighted by Gasteiger charge is 2.34. The van der Waals surface area contributed by atoms with Crippen molar-refractivity contribution in [3.8, 4) is 0 Å². The van der Waals surface area contributed by atoms with Gasteiger partial charge < -0.3 is 16.0 Å². The molecule has 1 aromatic carbocycles. The molecule has 0 radical (unpaired) electrons. The summed E-state index contributed by atoms with van der Waals surface area (Å²) >= 11 is 26.9. The van der Waals surface area contributed by atoms with E-state index in [4.69, 9.17) is 47.0 Å². The van der Waals surface area contributed by atoms with Crippen LogP contribution in [-0.4, -0.2) is 21.0 Å². The van der Waals surface area contributed by atoms with Gasteiger partial charge in [0.1, 0.15) is 6.17 Å². The zero-order valence-electron chi connectivity index (χ0n) is 18.7. The number of halogens is 4. The molecule has 0 aliphatic carbocycles. The molecule has 9 heteroatoms. The average molecular weight is 588 g/mol. The molecule has 1 aromatic rings. The number of carbonyl (C=O) groups is 1. The molecule has 0 aliphatic heterocycles. The molecule has 0 aliphatic rings. The highest BCUT2D eigenvalue weighted by molar-refractivity contribution is 9.10. The first-order chi connectivity index (χ1) is 15.2. The molecule has 4 nitrogen and oxygen atoms in total. The van der Waals surface area contributed by atoms with Gasteiger partial charge in [-0.3, -0.25) is 4.79 Å². The van der Waals surface area contributed by atoms with Crippen LogP contribution in [0.2, 0.25) is 0 Å². The van der Waals surface area contributed by atoms with Gasteiger partial charge in [0.25, 0.3) is 0 Å². The van der Waals surface area contributed by atoms with Gasteiger partial charge in [-0.05, 0) is 46.7 Å². The van der Waals surface area contributed by atoms with Crippen molar-refractivity contribution in [1.29, 1.82) is 0 Å². The number of nitrogens with one attached hydrogen (secondary N) is 3. The molecule has 1 amide bonds. The van der Waals surface area contributed by atoms with E-state index < -0.39 is 9.96 Å². The maximum absolute atomic E-state index is 12.4. The normalized spacial score (nSPS) is 12.3. The lowest BCUT2D eigenvalue weighted by Gasteiger charge is -2.28. The maximum atomic E-state index is 12.4. The van der Waals surface area contributed by atoms with Crippen molar-refractivity contribution >= 4 is 79.7 Å². The van der Waals surface area contributed by atoms with Crippen LogP contribution >= 0.6 is 63.0 Å². The average Bonchev–Trinajstić information content (AvgIpc) is 2.72. The summed E-state index contributed by atoms with van der Waals surface area (Å²) in [6.07, 6.45) is 12.9. The fourth-order valence-corrected chi connectivity index (χ4v) is 4.17. The first kappa shape index (κ1) is 29.8. The van der Waals surface area contributed by atoms with Crippen LogP contribution < -0.4 is 16.0 Å². The van der Waals surface area contributed by atoms with Gasteiger partial charge >= 0.3 is 0 Å². The molecule has 0 saturated heterocycles. The number of rotatable bonds is 15. The van der Waals surface area contributed by atoms with Crippen LogP contribution in [0.25, 0.3) is 0 Å². The minimum Gasteiger partial charge on any atom is -0.339 e. The Labute approximate surface area is 222 Å². The summed E-state index contributed by atoms with van der Waals surface area (Å²) in [7, 11) is 0. The van der Waals surface area contributed by atoms with Crippen LogP contribution in [0.4, 0.5) is 5.69 Å². The van der Waals surface area contributed by atoms with Gasteiger partial charge in [0.2, 0.25) is 9.70 Å². The van der Waals surface area contributed by atoms with Gasteiger partial charge in [0.05, 0.1) is 5.69 Å². The van der Waals surface area contributed by atoms with Crippen molar-refractivity contribution < 1.29 is 4.79 Å². The second-order valence-electron chi connectivity index (χ2n) is 7.91. The number of anilines is 1. The second-order valence-corrected chi connectivity index (χ2v) is 11.5. The highest BCUT2D eigenvalue weighted by atomic mass is 79.9. The third-order valence-corrected chi connectivity index (χ3v) is 6.60. The van der Waals surface area contributed by atoms with Gasteiger partial charge in [-0.25, -0.2) is 0 Å². The van der Waals surface area contributed by atoms with Crippen LogP contribution in [-0.2, 0) is 4.79 Å². The van der Waals surface area contributed by atoms with E-state index in [0.717, 1.165) is 29.4 Å². The monoisotopic (exact) mass is 585 g/mol. The second kappa shape index (κ2) is 17.2. The molecule has 0 unspecified atom stereocenters. The van der Waals surface area contributed by atoms with Crippen molar-refractivity contribution in [2.24, 2.45) is 0 Å². The number of alkyl halides is 3. The molecule has 0 bridgehead atoms.